The lowest BCUT2D eigenvalue weighted by molar-refractivity contribution is -0.140. The first-order valence-electron chi connectivity index (χ1n) is 16.1. The predicted molar refractivity (Wildman–Crippen MR) is 180 cm³/mol. The van der Waals surface area contributed by atoms with Gasteiger partial charge in [-0.2, -0.15) is 13.2 Å². The molecule has 3 aromatic carbocycles. The molecular weight excluding hydrogens is 629 g/mol. The molecule has 0 amide bonds. The largest absolute Gasteiger partial charge is 0.480 e. The lowest BCUT2D eigenvalue weighted by atomic mass is 9.76. The average Bonchev–Trinajstić information content (AvgIpc) is 3.80. The van der Waals surface area contributed by atoms with Crippen LogP contribution in [-0.4, -0.2) is 31.1 Å². The molecule has 1 atom stereocenters. The van der Waals surface area contributed by atoms with Crippen molar-refractivity contribution in [3.05, 3.63) is 165 Å². The fourth-order valence-corrected chi connectivity index (χ4v) is 7.39. The Hall–Kier alpha value is -5.48. The lowest BCUT2D eigenvalue weighted by Gasteiger charge is -2.39. The molecule has 248 valence electrons. The molecule has 0 bridgehead atoms. The summed E-state index contributed by atoms with van der Waals surface area (Å²) in [6, 6.07) is 30.7. The molecule has 10 heteroatoms. The lowest BCUT2D eigenvalue weighted by Crippen LogP contribution is -2.53. The molecule has 7 nitrogen and oxygen atoms in total. The summed E-state index contributed by atoms with van der Waals surface area (Å²) in [4.78, 5) is 31.1. The quantitative estimate of drug-likeness (QED) is 0.167. The van der Waals surface area contributed by atoms with Gasteiger partial charge in [0.2, 0.25) is 0 Å². The van der Waals surface area contributed by atoms with Crippen LogP contribution in [0.5, 0.6) is 0 Å². The molecule has 0 fully saturated rings. The second-order valence-corrected chi connectivity index (χ2v) is 12.3. The van der Waals surface area contributed by atoms with E-state index in [1.165, 1.54) is 23.9 Å². The molecule has 1 aliphatic rings. The van der Waals surface area contributed by atoms with E-state index < -0.39 is 40.4 Å². The summed E-state index contributed by atoms with van der Waals surface area (Å²) in [6.07, 6.45) is -0.616. The Morgan fingerprint density at radius 2 is 1.45 bits per heavy atom. The van der Waals surface area contributed by atoms with Crippen molar-refractivity contribution in [3.63, 3.8) is 0 Å². The molecule has 7 rings (SSSR count). The van der Waals surface area contributed by atoms with Crippen molar-refractivity contribution in [2.45, 2.75) is 43.4 Å². The SMILES string of the molecule is Cn1c2c(c(C(F)(F)F)c(-c3ccc(C[C@H](NC(c4ccccc4)(c4ccccc4)c4ccccc4)C(=O)O)n4ccnc34)c1=O)CCC2. The van der Waals surface area contributed by atoms with E-state index in [4.69, 9.17) is 0 Å². The van der Waals surface area contributed by atoms with Gasteiger partial charge in [-0.25, -0.2) is 4.98 Å². The van der Waals surface area contributed by atoms with Gasteiger partial charge in [0.25, 0.3) is 5.56 Å². The third kappa shape index (κ3) is 5.51. The number of aromatic nitrogens is 3. The number of carboxylic acid groups (broad SMARTS) is 1. The van der Waals surface area contributed by atoms with E-state index in [0.29, 0.717) is 24.2 Å². The molecule has 0 spiro atoms. The van der Waals surface area contributed by atoms with Gasteiger partial charge in [-0.1, -0.05) is 91.0 Å². The van der Waals surface area contributed by atoms with Gasteiger partial charge in [0, 0.05) is 42.8 Å². The van der Waals surface area contributed by atoms with Crippen molar-refractivity contribution in [2.24, 2.45) is 7.05 Å². The molecule has 0 saturated carbocycles. The Balaban J connectivity index is 1.37. The first kappa shape index (κ1) is 32.1. The molecule has 2 N–H and O–H groups in total. The molecule has 49 heavy (non-hydrogen) atoms. The van der Waals surface area contributed by atoms with E-state index >= 15 is 0 Å². The minimum Gasteiger partial charge on any atom is -0.480 e. The predicted octanol–water partition coefficient (Wildman–Crippen LogP) is 6.78. The van der Waals surface area contributed by atoms with Gasteiger partial charge < -0.3 is 14.1 Å². The highest BCUT2D eigenvalue weighted by Gasteiger charge is 2.42. The van der Waals surface area contributed by atoms with Crippen LogP contribution in [-0.2, 0) is 42.8 Å². The molecule has 6 aromatic rings. The highest BCUT2D eigenvalue weighted by molar-refractivity contribution is 5.81. The van der Waals surface area contributed by atoms with Gasteiger partial charge in [-0.15, -0.1) is 0 Å². The van der Waals surface area contributed by atoms with Gasteiger partial charge in [-0.05, 0) is 53.6 Å². The molecule has 3 aromatic heterocycles. The molecule has 0 saturated heterocycles. The van der Waals surface area contributed by atoms with E-state index in [2.05, 4.69) is 10.3 Å². The number of rotatable bonds is 9. The van der Waals surface area contributed by atoms with Crippen molar-refractivity contribution in [2.75, 3.05) is 0 Å². The Bertz CT molecular complexity index is 2120. The maximum absolute atomic E-state index is 14.7. The minimum absolute atomic E-state index is 0.0448. The number of carboxylic acids is 1. The Kier molecular flexibility index (Phi) is 8.20. The molecular formula is C39H33F3N4O3. The number of pyridine rings is 2. The monoisotopic (exact) mass is 662 g/mol. The van der Waals surface area contributed by atoms with Crippen LogP contribution < -0.4 is 10.9 Å². The van der Waals surface area contributed by atoms with Crippen LogP contribution in [0.3, 0.4) is 0 Å². The van der Waals surface area contributed by atoms with E-state index in [9.17, 15) is 27.9 Å². The summed E-state index contributed by atoms with van der Waals surface area (Å²) < 4.78 is 47.0. The second-order valence-electron chi connectivity index (χ2n) is 12.3. The third-order valence-corrected chi connectivity index (χ3v) is 9.57. The van der Waals surface area contributed by atoms with Crippen LogP contribution in [0.4, 0.5) is 13.2 Å². The first-order chi connectivity index (χ1) is 23.6. The summed E-state index contributed by atoms with van der Waals surface area (Å²) in [5.41, 5.74) is 0.534. The Morgan fingerprint density at radius 1 is 0.878 bits per heavy atom. The van der Waals surface area contributed by atoms with E-state index in [-0.39, 0.29) is 29.6 Å². The highest BCUT2D eigenvalue weighted by atomic mass is 19.4. The summed E-state index contributed by atoms with van der Waals surface area (Å²) in [7, 11) is 1.51. The fraction of sp³-hybridized carbons (Fsp3) is 0.205. The van der Waals surface area contributed by atoms with Gasteiger partial charge in [0.15, 0.2) is 0 Å². The summed E-state index contributed by atoms with van der Waals surface area (Å²) in [5, 5.41) is 14.2. The number of nitrogens with zero attached hydrogens (tertiary/aromatic N) is 3. The number of imidazole rings is 1. The van der Waals surface area contributed by atoms with Crippen LogP contribution in [0.1, 0.15) is 45.6 Å². The van der Waals surface area contributed by atoms with Gasteiger partial charge in [0.05, 0.1) is 16.7 Å². The molecule has 1 aliphatic carbocycles. The van der Waals surface area contributed by atoms with Crippen molar-refractivity contribution in [1.82, 2.24) is 19.3 Å². The van der Waals surface area contributed by atoms with Crippen LogP contribution in [0.15, 0.2) is 120 Å². The van der Waals surface area contributed by atoms with Gasteiger partial charge in [0.1, 0.15) is 11.7 Å². The minimum atomic E-state index is -4.76. The maximum atomic E-state index is 14.7. The van der Waals surface area contributed by atoms with Crippen molar-refractivity contribution in [3.8, 4) is 11.1 Å². The number of benzene rings is 3. The molecule has 0 unspecified atom stereocenters. The number of aliphatic carboxylic acids is 1. The van der Waals surface area contributed by atoms with Crippen LogP contribution in [0.2, 0.25) is 0 Å². The number of hydrogen-bond acceptors (Lipinski definition) is 4. The smallest absolute Gasteiger partial charge is 0.417 e. The molecule has 3 heterocycles. The number of carbonyl (C=O) groups is 1. The zero-order chi connectivity index (χ0) is 34.3. The van der Waals surface area contributed by atoms with Gasteiger partial charge >= 0.3 is 12.1 Å². The standard InChI is InChI=1S/C39H33F3N4O3/c1-45-32-19-11-18-29(32)34(39(40,41)42)33(36(45)47)30-21-20-28(46-23-22-43-35(30)46)24-31(37(48)49)44-38(25-12-5-2-6-13-25,26-14-7-3-8-15-26)27-16-9-4-10-17-27/h2-10,12-17,20-23,31,44H,11,18-19,24H2,1H3,(H,48,49)/t31-/m0/s1. The summed E-state index contributed by atoms with van der Waals surface area (Å²) >= 11 is 0. The Morgan fingerprint density at radius 3 is 1.98 bits per heavy atom. The number of nitrogens with one attached hydrogen (secondary N) is 1. The summed E-state index contributed by atoms with van der Waals surface area (Å²) in [6.45, 7) is 0. The zero-order valence-electron chi connectivity index (χ0n) is 26.6. The van der Waals surface area contributed by atoms with Crippen LogP contribution in [0, 0.1) is 0 Å². The van der Waals surface area contributed by atoms with Gasteiger partial charge in [-0.3, -0.25) is 14.9 Å². The third-order valence-electron chi connectivity index (χ3n) is 9.57. The fourth-order valence-electron chi connectivity index (χ4n) is 7.39. The maximum Gasteiger partial charge on any atom is 0.417 e. The zero-order valence-corrected chi connectivity index (χ0v) is 26.6. The van der Waals surface area contributed by atoms with Crippen molar-refractivity contribution < 1.29 is 23.1 Å². The summed E-state index contributed by atoms with van der Waals surface area (Å²) in [5.74, 6) is -1.11. The number of hydrogen-bond donors (Lipinski definition) is 2. The molecule has 0 radical (unpaired) electrons. The topological polar surface area (TPSA) is 88.6 Å². The van der Waals surface area contributed by atoms with Crippen molar-refractivity contribution >= 4 is 11.6 Å². The van der Waals surface area contributed by atoms with Crippen LogP contribution in [0.25, 0.3) is 16.8 Å². The first-order valence-corrected chi connectivity index (χ1v) is 16.1. The molecule has 0 aliphatic heterocycles. The van der Waals surface area contributed by atoms with E-state index in [1.54, 1.807) is 16.7 Å². The highest BCUT2D eigenvalue weighted by Crippen LogP contribution is 2.43. The van der Waals surface area contributed by atoms with Crippen molar-refractivity contribution in [1.29, 1.82) is 0 Å². The second kappa shape index (κ2) is 12.5. The number of alkyl halides is 3. The number of halogens is 3. The normalized spacial score (nSPS) is 13.8. The average molecular weight is 663 g/mol. The number of fused-ring (bicyclic) bond motifs is 2. The van der Waals surface area contributed by atoms with E-state index in [0.717, 1.165) is 16.7 Å². The van der Waals surface area contributed by atoms with Crippen LogP contribution >= 0.6 is 0 Å². The van der Waals surface area contributed by atoms with E-state index in [1.807, 2.05) is 91.0 Å². The Labute approximate surface area is 280 Å².